The van der Waals surface area contributed by atoms with Gasteiger partial charge in [-0.1, -0.05) is 53.2 Å². The van der Waals surface area contributed by atoms with Crippen molar-refractivity contribution in [3.05, 3.63) is 69.9 Å². The molecule has 0 aliphatic carbocycles. The van der Waals surface area contributed by atoms with E-state index in [-0.39, 0.29) is 18.7 Å². The van der Waals surface area contributed by atoms with Crippen LogP contribution in [0, 0.1) is 5.82 Å². The second-order valence-electron chi connectivity index (χ2n) is 5.64. The molecule has 138 valence electrons. The molecule has 0 saturated carbocycles. The number of aliphatic carboxylic acids is 1. The van der Waals surface area contributed by atoms with Gasteiger partial charge in [0.1, 0.15) is 12.4 Å². The van der Waals surface area contributed by atoms with Crippen LogP contribution >= 0.6 is 15.9 Å². The molecule has 0 fully saturated rings. The maximum atomic E-state index is 13.6. The Morgan fingerprint density at radius 3 is 2.54 bits per heavy atom. The Hall–Kier alpha value is -2.41. The third kappa shape index (κ3) is 5.05. The average molecular weight is 424 g/mol. The lowest BCUT2D eigenvalue weighted by Gasteiger charge is -2.29. The molecule has 2 aromatic rings. The number of amides is 1. The van der Waals surface area contributed by atoms with E-state index in [1.54, 1.807) is 12.1 Å². The van der Waals surface area contributed by atoms with Crippen LogP contribution in [0.3, 0.4) is 0 Å². The summed E-state index contributed by atoms with van der Waals surface area (Å²) in [6.45, 7) is 2.00. The van der Waals surface area contributed by atoms with Crippen molar-refractivity contribution in [3.63, 3.8) is 0 Å². The molecule has 0 bridgehead atoms. The Kier molecular flexibility index (Phi) is 7.15. The van der Waals surface area contributed by atoms with Gasteiger partial charge in [-0.15, -0.1) is 0 Å². The largest absolute Gasteiger partial charge is 0.479 e. The van der Waals surface area contributed by atoms with Crippen molar-refractivity contribution in [2.75, 3.05) is 6.54 Å². The molecule has 7 heteroatoms. The first-order valence-electron chi connectivity index (χ1n) is 8.09. The summed E-state index contributed by atoms with van der Waals surface area (Å²) in [5.41, 5.74) is 0.943. The Labute approximate surface area is 159 Å². The molecule has 0 aliphatic rings. The second kappa shape index (κ2) is 9.33. The molecule has 5 nitrogen and oxygen atoms in total. The smallest absolute Gasteiger partial charge is 0.411 e. The van der Waals surface area contributed by atoms with Crippen LogP contribution < -0.4 is 0 Å². The van der Waals surface area contributed by atoms with Crippen molar-refractivity contribution in [3.8, 4) is 0 Å². The molecule has 0 saturated heterocycles. The van der Waals surface area contributed by atoms with Gasteiger partial charge in [-0.2, -0.15) is 0 Å². The monoisotopic (exact) mass is 423 g/mol. The van der Waals surface area contributed by atoms with Gasteiger partial charge < -0.3 is 9.84 Å². The number of carboxylic acids is 1. The van der Waals surface area contributed by atoms with E-state index in [0.717, 1.165) is 16.5 Å². The second-order valence-corrected chi connectivity index (χ2v) is 6.49. The number of ether oxygens (including phenoxy) is 1. The van der Waals surface area contributed by atoms with Crippen LogP contribution in [0.15, 0.2) is 53.0 Å². The molecular weight excluding hydrogens is 405 g/mol. The summed E-state index contributed by atoms with van der Waals surface area (Å²) in [4.78, 5) is 25.5. The van der Waals surface area contributed by atoms with Crippen molar-refractivity contribution < 1.29 is 23.8 Å². The first kappa shape index (κ1) is 19.9. The molecule has 2 aromatic carbocycles. The Morgan fingerprint density at radius 1 is 1.23 bits per heavy atom. The highest BCUT2D eigenvalue weighted by molar-refractivity contribution is 9.10. The summed E-state index contributed by atoms with van der Waals surface area (Å²) < 4.78 is 19.3. The minimum Gasteiger partial charge on any atom is -0.479 e. The van der Waals surface area contributed by atoms with Crippen molar-refractivity contribution in [2.24, 2.45) is 0 Å². The van der Waals surface area contributed by atoms with Gasteiger partial charge in [0, 0.05) is 16.6 Å². The van der Waals surface area contributed by atoms with E-state index in [9.17, 15) is 19.1 Å². The SMILES string of the molecule is CCCN(C(=O)OCc1ccccc1)C(C(=O)O)c1cc(F)ccc1Br. The summed E-state index contributed by atoms with van der Waals surface area (Å²) in [5.74, 6) is -1.84. The molecule has 0 radical (unpaired) electrons. The fraction of sp³-hybridized carbons (Fsp3) is 0.263. The molecule has 0 aromatic heterocycles. The Morgan fingerprint density at radius 2 is 1.92 bits per heavy atom. The highest BCUT2D eigenvalue weighted by atomic mass is 79.9. The average Bonchev–Trinajstić information content (AvgIpc) is 2.62. The van der Waals surface area contributed by atoms with Crippen LogP contribution in [0.4, 0.5) is 9.18 Å². The highest BCUT2D eigenvalue weighted by Gasteiger charge is 2.33. The van der Waals surface area contributed by atoms with Gasteiger partial charge >= 0.3 is 12.1 Å². The normalized spacial score (nSPS) is 11.7. The first-order valence-corrected chi connectivity index (χ1v) is 8.88. The van der Waals surface area contributed by atoms with Crippen LogP contribution in [0.2, 0.25) is 0 Å². The summed E-state index contributed by atoms with van der Waals surface area (Å²) >= 11 is 3.23. The number of carbonyl (C=O) groups excluding carboxylic acids is 1. The predicted octanol–water partition coefficient (Wildman–Crippen LogP) is 4.76. The van der Waals surface area contributed by atoms with Crippen molar-refractivity contribution in [1.29, 1.82) is 0 Å². The summed E-state index contributed by atoms with van der Waals surface area (Å²) in [7, 11) is 0. The zero-order valence-electron chi connectivity index (χ0n) is 14.2. The molecule has 0 heterocycles. The molecule has 2 rings (SSSR count). The zero-order valence-corrected chi connectivity index (χ0v) is 15.8. The van der Waals surface area contributed by atoms with Crippen LogP contribution in [0.1, 0.15) is 30.5 Å². The molecule has 0 spiro atoms. The standard InChI is InChI=1S/C19H19BrFNO4/c1-2-10-22(19(25)26-12-13-6-4-3-5-7-13)17(18(23)24)15-11-14(21)8-9-16(15)20/h3-9,11,17H,2,10,12H2,1H3,(H,23,24). The summed E-state index contributed by atoms with van der Waals surface area (Å²) in [6, 6.07) is 11.5. The number of benzene rings is 2. The molecular formula is C19H19BrFNO4. The van der Waals surface area contributed by atoms with E-state index in [0.29, 0.717) is 10.9 Å². The number of halogens is 2. The lowest BCUT2D eigenvalue weighted by atomic mass is 10.1. The van der Waals surface area contributed by atoms with Gasteiger partial charge in [0.2, 0.25) is 0 Å². The van der Waals surface area contributed by atoms with Gasteiger partial charge in [0.05, 0.1) is 0 Å². The summed E-state index contributed by atoms with van der Waals surface area (Å²) in [5, 5.41) is 9.68. The van der Waals surface area contributed by atoms with E-state index in [1.165, 1.54) is 12.1 Å². The maximum absolute atomic E-state index is 13.6. The fourth-order valence-electron chi connectivity index (χ4n) is 2.53. The van der Waals surface area contributed by atoms with Crippen molar-refractivity contribution in [2.45, 2.75) is 26.0 Å². The molecule has 1 amide bonds. The molecule has 0 aliphatic heterocycles. The third-order valence-corrected chi connectivity index (χ3v) is 4.42. The molecule has 1 atom stereocenters. The first-order chi connectivity index (χ1) is 12.4. The lowest BCUT2D eigenvalue weighted by molar-refractivity contribution is -0.143. The van der Waals surface area contributed by atoms with Crippen LogP contribution in [-0.2, 0) is 16.1 Å². The minimum atomic E-state index is -1.36. The molecule has 26 heavy (non-hydrogen) atoms. The number of carboxylic acid groups (broad SMARTS) is 1. The summed E-state index contributed by atoms with van der Waals surface area (Å²) in [6.07, 6.45) is -0.240. The number of hydrogen-bond acceptors (Lipinski definition) is 3. The number of nitrogens with zero attached hydrogens (tertiary/aromatic N) is 1. The highest BCUT2D eigenvalue weighted by Crippen LogP contribution is 2.30. The Bertz CT molecular complexity index is 769. The van der Waals surface area contributed by atoms with Crippen molar-refractivity contribution >= 4 is 28.0 Å². The van der Waals surface area contributed by atoms with Crippen LogP contribution in [0.5, 0.6) is 0 Å². The lowest BCUT2D eigenvalue weighted by Crippen LogP contribution is -2.40. The van der Waals surface area contributed by atoms with E-state index in [4.69, 9.17) is 4.74 Å². The van der Waals surface area contributed by atoms with E-state index < -0.39 is 23.9 Å². The molecule has 1 unspecified atom stereocenters. The fourth-order valence-corrected chi connectivity index (χ4v) is 2.99. The van der Waals surface area contributed by atoms with Gasteiger partial charge in [-0.05, 0) is 30.2 Å². The van der Waals surface area contributed by atoms with Gasteiger partial charge in [-0.25, -0.2) is 14.0 Å². The topological polar surface area (TPSA) is 66.8 Å². The van der Waals surface area contributed by atoms with Crippen molar-refractivity contribution in [1.82, 2.24) is 4.90 Å². The number of hydrogen-bond donors (Lipinski definition) is 1. The predicted molar refractivity (Wildman–Crippen MR) is 98.1 cm³/mol. The molecule has 1 N–H and O–H groups in total. The van der Waals surface area contributed by atoms with Gasteiger partial charge in [0.25, 0.3) is 0 Å². The number of rotatable bonds is 7. The van der Waals surface area contributed by atoms with Gasteiger partial charge in [-0.3, -0.25) is 4.90 Å². The van der Waals surface area contributed by atoms with Gasteiger partial charge in [0.15, 0.2) is 6.04 Å². The zero-order chi connectivity index (χ0) is 19.1. The van der Waals surface area contributed by atoms with E-state index in [1.807, 2.05) is 25.1 Å². The quantitative estimate of drug-likeness (QED) is 0.696. The number of carbonyl (C=O) groups is 2. The van der Waals surface area contributed by atoms with E-state index >= 15 is 0 Å². The van der Waals surface area contributed by atoms with E-state index in [2.05, 4.69) is 15.9 Å². The minimum absolute atomic E-state index is 0.0244. The third-order valence-electron chi connectivity index (χ3n) is 3.70. The Balaban J connectivity index is 2.27. The van der Waals surface area contributed by atoms with Crippen LogP contribution in [-0.4, -0.2) is 28.6 Å². The van der Waals surface area contributed by atoms with Crippen LogP contribution in [0.25, 0.3) is 0 Å². The maximum Gasteiger partial charge on any atom is 0.411 e.